The lowest BCUT2D eigenvalue weighted by atomic mass is 10.00. The van der Waals surface area contributed by atoms with Gasteiger partial charge in [0.25, 0.3) is 0 Å². The number of thioether (sulfide) groups is 1. The SMILES string of the molecule is Cc1ccc(CSCC(=O)NC(C)c2cc(C)ccc2C)cc1. The standard InChI is InChI=1S/C20H25NOS/c1-14-6-9-18(10-7-14)12-23-13-20(22)21-17(4)19-11-15(2)5-8-16(19)3/h5-11,17H,12-13H2,1-4H3,(H,21,22). The Kier molecular flexibility index (Phi) is 6.28. The van der Waals surface area contributed by atoms with Crippen LogP contribution in [0, 0.1) is 20.8 Å². The van der Waals surface area contributed by atoms with Gasteiger partial charge in [0.05, 0.1) is 11.8 Å². The van der Waals surface area contributed by atoms with Crippen LogP contribution in [0.3, 0.4) is 0 Å². The Labute approximate surface area is 143 Å². The lowest BCUT2D eigenvalue weighted by Crippen LogP contribution is -2.28. The fraction of sp³-hybridized carbons (Fsp3) is 0.350. The number of carbonyl (C=O) groups excluding carboxylic acids is 1. The molecule has 1 amide bonds. The third-order valence-corrected chi connectivity index (χ3v) is 4.90. The molecule has 0 radical (unpaired) electrons. The highest BCUT2D eigenvalue weighted by Crippen LogP contribution is 2.19. The van der Waals surface area contributed by atoms with Crippen molar-refractivity contribution in [2.45, 2.75) is 39.5 Å². The first-order valence-electron chi connectivity index (χ1n) is 7.95. The second-order valence-electron chi connectivity index (χ2n) is 6.13. The lowest BCUT2D eigenvalue weighted by Gasteiger charge is -2.17. The maximum atomic E-state index is 12.1. The predicted octanol–water partition coefficient (Wildman–Crippen LogP) is 4.72. The molecule has 0 heterocycles. The molecule has 2 aromatic carbocycles. The van der Waals surface area contributed by atoms with Crippen molar-refractivity contribution in [1.29, 1.82) is 0 Å². The van der Waals surface area contributed by atoms with Gasteiger partial charge in [-0.2, -0.15) is 0 Å². The Morgan fingerprint density at radius 1 is 1.04 bits per heavy atom. The van der Waals surface area contributed by atoms with Crippen LogP contribution in [-0.4, -0.2) is 11.7 Å². The van der Waals surface area contributed by atoms with Crippen molar-refractivity contribution < 1.29 is 4.79 Å². The molecule has 2 aromatic rings. The Morgan fingerprint density at radius 3 is 2.39 bits per heavy atom. The predicted molar refractivity (Wildman–Crippen MR) is 99.8 cm³/mol. The summed E-state index contributed by atoms with van der Waals surface area (Å²) in [4.78, 5) is 12.1. The normalized spacial score (nSPS) is 12.0. The summed E-state index contributed by atoms with van der Waals surface area (Å²) in [6.07, 6.45) is 0. The van der Waals surface area contributed by atoms with Gasteiger partial charge in [-0.3, -0.25) is 4.79 Å². The highest BCUT2D eigenvalue weighted by molar-refractivity contribution is 7.99. The molecule has 1 unspecified atom stereocenters. The van der Waals surface area contributed by atoms with Crippen LogP contribution in [0.15, 0.2) is 42.5 Å². The Bertz CT molecular complexity index is 664. The average molecular weight is 327 g/mol. The minimum absolute atomic E-state index is 0.0439. The monoisotopic (exact) mass is 327 g/mol. The van der Waals surface area contributed by atoms with Crippen molar-refractivity contribution in [3.8, 4) is 0 Å². The molecule has 0 aliphatic rings. The molecule has 0 aliphatic carbocycles. The van der Waals surface area contributed by atoms with E-state index in [1.165, 1.54) is 27.8 Å². The number of rotatable bonds is 6. The van der Waals surface area contributed by atoms with Gasteiger partial charge < -0.3 is 5.32 Å². The molecular weight excluding hydrogens is 302 g/mol. The molecule has 1 atom stereocenters. The van der Waals surface area contributed by atoms with Crippen LogP contribution in [0.5, 0.6) is 0 Å². The summed E-state index contributed by atoms with van der Waals surface area (Å²) < 4.78 is 0. The van der Waals surface area contributed by atoms with E-state index < -0.39 is 0 Å². The fourth-order valence-electron chi connectivity index (χ4n) is 2.53. The highest BCUT2D eigenvalue weighted by atomic mass is 32.2. The first kappa shape index (κ1) is 17.6. The molecule has 2 nitrogen and oxygen atoms in total. The molecule has 1 N–H and O–H groups in total. The summed E-state index contributed by atoms with van der Waals surface area (Å²) in [6, 6.07) is 14.9. The Hall–Kier alpha value is -1.74. The van der Waals surface area contributed by atoms with E-state index >= 15 is 0 Å². The smallest absolute Gasteiger partial charge is 0.230 e. The number of aryl methyl sites for hydroxylation is 3. The van der Waals surface area contributed by atoms with Crippen LogP contribution in [-0.2, 0) is 10.5 Å². The van der Waals surface area contributed by atoms with Crippen LogP contribution in [0.2, 0.25) is 0 Å². The zero-order valence-corrected chi connectivity index (χ0v) is 15.2. The van der Waals surface area contributed by atoms with Crippen LogP contribution in [0.1, 0.15) is 40.8 Å². The minimum atomic E-state index is 0.0439. The molecule has 0 aromatic heterocycles. The van der Waals surface area contributed by atoms with Crippen LogP contribution >= 0.6 is 11.8 Å². The van der Waals surface area contributed by atoms with E-state index in [1.807, 2.05) is 6.92 Å². The number of carbonyl (C=O) groups is 1. The van der Waals surface area contributed by atoms with Crippen molar-refractivity contribution in [2.24, 2.45) is 0 Å². The topological polar surface area (TPSA) is 29.1 Å². The number of hydrogen-bond donors (Lipinski definition) is 1. The van der Waals surface area contributed by atoms with Gasteiger partial charge in [-0.15, -0.1) is 11.8 Å². The Balaban J connectivity index is 1.82. The van der Waals surface area contributed by atoms with E-state index in [0.29, 0.717) is 5.75 Å². The van der Waals surface area contributed by atoms with Crippen LogP contribution < -0.4 is 5.32 Å². The molecule has 0 spiro atoms. The van der Waals surface area contributed by atoms with Gasteiger partial charge in [0, 0.05) is 5.75 Å². The largest absolute Gasteiger partial charge is 0.349 e. The molecule has 0 fully saturated rings. The van der Waals surface area contributed by atoms with Crippen LogP contribution in [0.4, 0.5) is 0 Å². The first-order chi connectivity index (χ1) is 11.0. The van der Waals surface area contributed by atoms with Crippen molar-refractivity contribution in [2.75, 3.05) is 5.75 Å². The molecule has 0 aliphatic heterocycles. The molecule has 0 bridgehead atoms. The molecular formula is C20H25NOS. The molecule has 2 rings (SSSR count). The maximum Gasteiger partial charge on any atom is 0.230 e. The number of nitrogens with one attached hydrogen (secondary N) is 1. The zero-order chi connectivity index (χ0) is 16.8. The Morgan fingerprint density at radius 2 is 1.70 bits per heavy atom. The van der Waals surface area contributed by atoms with Crippen molar-refractivity contribution in [3.63, 3.8) is 0 Å². The van der Waals surface area contributed by atoms with Gasteiger partial charge in [0.1, 0.15) is 0 Å². The van der Waals surface area contributed by atoms with Crippen molar-refractivity contribution >= 4 is 17.7 Å². The molecule has 122 valence electrons. The second-order valence-corrected chi connectivity index (χ2v) is 7.11. The molecule has 0 saturated carbocycles. The summed E-state index contributed by atoms with van der Waals surface area (Å²) in [6.45, 7) is 8.29. The highest BCUT2D eigenvalue weighted by Gasteiger charge is 2.12. The second kappa shape index (κ2) is 8.21. The average Bonchev–Trinajstić information content (AvgIpc) is 2.51. The van der Waals surface area contributed by atoms with E-state index in [0.717, 1.165) is 5.75 Å². The minimum Gasteiger partial charge on any atom is -0.349 e. The summed E-state index contributed by atoms with van der Waals surface area (Å²) in [5, 5.41) is 3.10. The van der Waals surface area contributed by atoms with E-state index in [4.69, 9.17) is 0 Å². The van der Waals surface area contributed by atoms with Gasteiger partial charge in [-0.1, -0.05) is 53.6 Å². The van der Waals surface area contributed by atoms with Crippen LogP contribution in [0.25, 0.3) is 0 Å². The van der Waals surface area contributed by atoms with Gasteiger partial charge in [-0.25, -0.2) is 0 Å². The summed E-state index contributed by atoms with van der Waals surface area (Å²) >= 11 is 1.65. The van der Waals surface area contributed by atoms with Gasteiger partial charge in [-0.05, 0) is 44.4 Å². The maximum absolute atomic E-state index is 12.1. The summed E-state index contributed by atoms with van der Waals surface area (Å²) in [5.74, 6) is 1.45. The zero-order valence-electron chi connectivity index (χ0n) is 14.3. The van der Waals surface area contributed by atoms with Gasteiger partial charge >= 0.3 is 0 Å². The summed E-state index contributed by atoms with van der Waals surface area (Å²) in [5.41, 5.74) is 6.16. The quantitative estimate of drug-likeness (QED) is 0.831. The van der Waals surface area contributed by atoms with Crippen molar-refractivity contribution in [3.05, 3.63) is 70.3 Å². The fourth-order valence-corrected chi connectivity index (χ4v) is 3.33. The first-order valence-corrected chi connectivity index (χ1v) is 9.11. The van der Waals surface area contributed by atoms with E-state index in [9.17, 15) is 4.79 Å². The third kappa shape index (κ3) is 5.43. The lowest BCUT2D eigenvalue weighted by molar-refractivity contribution is -0.119. The van der Waals surface area contributed by atoms with E-state index in [2.05, 4.69) is 68.6 Å². The molecule has 0 saturated heterocycles. The molecule has 3 heteroatoms. The molecule has 23 heavy (non-hydrogen) atoms. The van der Waals surface area contributed by atoms with Gasteiger partial charge in [0.15, 0.2) is 0 Å². The number of hydrogen-bond acceptors (Lipinski definition) is 2. The van der Waals surface area contributed by atoms with Gasteiger partial charge in [0.2, 0.25) is 5.91 Å². The number of benzene rings is 2. The van der Waals surface area contributed by atoms with Crippen molar-refractivity contribution in [1.82, 2.24) is 5.32 Å². The van der Waals surface area contributed by atoms with E-state index in [1.54, 1.807) is 11.8 Å². The van der Waals surface area contributed by atoms with E-state index in [-0.39, 0.29) is 11.9 Å². The third-order valence-electron chi connectivity index (χ3n) is 3.90. The number of amides is 1. The summed E-state index contributed by atoms with van der Waals surface area (Å²) in [7, 11) is 0.